The van der Waals surface area contributed by atoms with Gasteiger partial charge in [-0.25, -0.2) is 4.39 Å². The van der Waals surface area contributed by atoms with Crippen LogP contribution in [0.3, 0.4) is 0 Å². The van der Waals surface area contributed by atoms with E-state index in [1.165, 1.54) is 12.1 Å². The van der Waals surface area contributed by atoms with Gasteiger partial charge >= 0.3 is 5.97 Å². The number of benzene rings is 2. The third-order valence-corrected chi connectivity index (χ3v) is 6.37. The molecule has 0 bridgehead atoms. The van der Waals surface area contributed by atoms with Crippen LogP contribution in [-0.4, -0.2) is 42.2 Å². The van der Waals surface area contributed by atoms with Crippen molar-refractivity contribution in [3.05, 3.63) is 58.1 Å². The Labute approximate surface area is 178 Å². The van der Waals surface area contributed by atoms with Crippen molar-refractivity contribution in [1.29, 1.82) is 0 Å². The van der Waals surface area contributed by atoms with Gasteiger partial charge < -0.3 is 19.5 Å². The van der Waals surface area contributed by atoms with Gasteiger partial charge in [-0.05, 0) is 44.1 Å². The quantitative estimate of drug-likeness (QED) is 0.726. The number of aliphatic carboxylic acids is 1. The molecule has 160 valence electrons. The highest BCUT2D eigenvalue weighted by Crippen LogP contribution is 2.48. The van der Waals surface area contributed by atoms with E-state index < -0.39 is 17.6 Å². The number of halogens is 3. The molecule has 4 rings (SSSR count). The van der Waals surface area contributed by atoms with Crippen molar-refractivity contribution in [3.8, 4) is 11.5 Å². The third-order valence-electron chi connectivity index (χ3n) is 6.01. The minimum Gasteiger partial charge on any atom is -0.489 e. The molecular weight excluding hydrogens is 416 g/mol. The molecule has 1 spiro atoms. The average Bonchev–Trinajstić information content (AvgIpc) is 3.07. The summed E-state index contributed by atoms with van der Waals surface area (Å²) >= 11 is 6.00. The zero-order chi connectivity index (χ0) is 21.3. The summed E-state index contributed by atoms with van der Waals surface area (Å²) in [5, 5.41) is 9.08. The fourth-order valence-corrected chi connectivity index (χ4v) is 4.41. The normalized spacial score (nSPS) is 17.6. The molecule has 2 aliphatic heterocycles. The summed E-state index contributed by atoms with van der Waals surface area (Å²) in [5.74, 6) is -1.73. The van der Waals surface area contributed by atoms with Gasteiger partial charge in [0.2, 0.25) is 5.82 Å². The van der Waals surface area contributed by atoms with Gasteiger partial charge in [0, 0.05) is 23.1 Å². The lowest BCUT2D eigenvalue weighted by Gasteiger charge is -2.38. The van der Waals surface area contributed by atoms with Gasteiger partial charge in [-0.1, -0.05) is 23.7 Å². The molecule has 0 atom stereocenters. The number of likely N-dealkylation sites (tertiary alicyclic amines) is 1. The van der Waals surface area contributed by atoms with Gasteiger partial charge in [0.25, 0.3) is 0 Å². The lowest BCUT2D eigenvalue weighted by atomic mass is 9.74. The first kappa shape index (κ1) is 20.9. The van der Waals surface area contributed by atoms with Crippen LogP contribution in [0, 0.1) is 11.6 Å². The van der Waals surface area contributed by atoms with E-state index in [2.05, 4.69) is 4.90 Å². The van der Waals surface area contributed by atoms with Crippen LogP contribution in [0.5, 0.6) is 11.5 Å². The molecule has 8 heteroatoms. The van der Waals surface area contributed by atoms with Gasteiger partial charge in [-0.3, -0.25) is 4.79 Å². The Hall–Kier alpha value is -2.38. The van der Waals surface area contributed by atoms with Crippen LogP contribution in [0.25, 0.3) is 0 Å². The minimum atomic E-state index is -0.809. The number of carboxylic acids is 1. The summed E-state index contributed by atoms with van der Waals surface area (Å²) < 4.78 is 40.2. The second-order valence-corrected chi connectivity index (χ2v) is 8.20. The van der Waals surface area contributed by atoms with Gasteiger partial charge in [-0.2, -0.15) is 4.39 Å². The Bertz CT molecular complexity index is 940. The SMILES string of the molecule is O=C(O)CCN1CCC2(CC1)COc1c2ccc(OCc2c(F)cccc2Cl)c1F. The first-order valence-electron chi connectivity index (χ1n) is 9.85. The minimum absolute atomic E-state index is 0.0102. The maximum absolute atomic E-state index is 15.0. The monoisotopic (exact) mass is 437 g/mol. The lowest BCUT2D eigenvalue weighted by Crippen LogP contribution is -2.44. The summed E-state index contributed by atoms with van der Waals surface area (Å²) in [6.45, 7) is 2.18. The molecule has 30 heavy (non-hydrogen) atoms. The number of rotatable bonds is 6. The molecule has 2 aromatic carbocycles. The Morgan fingerprint density at radius 3 is 2.70 bits per heavy atom. The van der Waals surface area contributed by atoms with E-state index in [1.807, 2.05) is 6.07 Å². The second-order valence-electron chi connectivity index (χ2n) is 7.80. The highest BCUT2D eigenvalue weighted by atomic mass is 35.5. The molecule has 0 amide bonds. The summed E-state index contributed by atoms with van der Waals surface area (Å²) in [6, 6.07) is 7.70. The predicted molar refractivity (Wildman–Crippen MR) is 107 cm³/mol. The van der Waals surface area contributed by atoms with Crippen molar-refractivity contribution in [2.75, 3.05) is 26.2 Å². The molecule has 1 saturated heterocycles. The number of ether oxygens (including phenoxy) is 2. The van der Waals surface area contributed by atoms with Crippen molar-refractivity contribution in [1.82, 2.24) is 4.90 Å². The van der Waals surface area contributed by atoms with Crippen LogP contribution in [0.1, 0.15) is 30.4 Å². The zero-order valence-electron chi connectivity index (χ0n) is 16.3. The Kier molecular flexibility index (Phi) is 5.84. The molecule has 1 fully saturated rings. The first-order chi connectivity index (χ1) is 14.4. The van der Waals surface area contributed by atoms with Crippen molar-refractivity contribution < 1.29 is 28.2 Å². The maximum atomic E-state index is 15.0. The van der Waals surface area contributed by atoms with E-state index in [0.29, 0.717) is 13.2 Å². The van der Waals surface area contributed by atoms with E-state index in [0.717, 1.165) is 31.5 Å². The van der Waals surface area contributed by atoms with Crippen LogP contribution in [-0.2, 0) is 16.8 Å². The third kappa shape index (κ3) is 3.96. The van der Waals surface area contributed by atoms with E-state index >= 15 is 4.39 Å². The van der Waals surface area contributed by atoms with Crippen LogP contribution in [0.15, 0.2) is 30.3 Å². The van der Waals surface area contributed by atoms with Crippen LogP contribution in [0.2, 0.25) is 5.02 Å². The number of piperidine rings is 1. The van der Waals surface area contributed by atoms with Gasteiger partial charge in [-0.15, -0.1) is 0 Å². The molecule has 0 aliphatic carbocycles. The predicted octanol–water partition coefficient (Wildman–Crippen LogP) is 4.40. The Balaban J connectivity index is 1.47. The Morgan fingerprint density at radius 1 is 1.23 bits per heavy atom. The number of hydrogen-bond acceptors (Lipinski definition) is 4. The molecule has 2 heterocycles. The lowest BCUT2D eigenvalue weighted by molar-refractivity contribution is -0.137. The molecule has 0 radical (unpaired) electrons. The van der Waals surface area contributed by atoms with Crippen molar-refractivity contribution in [2.24, 2.45) is 0 Å². The molecule has 5 nitrogen and oxygen atoms in total. The van der Waals surface area contributed by atoms with Crippen molar-refractivity contribution in [2.45, 2.75) is 31.3 Å². The molecule has 0 unspecified atom stereocenters. The first-order valence-corrected chi connectivity index (χ1v) is 10.2. The van der Waals surface area contributed by atoms with Crippen LogP contribution in [0.4, 0.5) is 8.78 Å². The summed E-state index contributed by atoms with van der Waals surface area (Å²) in [5.41, 5.74) is 0.711. The van der Waals surface area contributed by atoms with E-state index in [1.54, 1.807) is 12.1 Å². The maximum Gasteiger partial charge on any atom is 0.304 e. The zero-order valence-corrected chi connectivity index (χ0v) is 17.1. The standard InChI is InChI=1S/C22H22ClF2NO4/c23-16-2-1-3-17(24)14(16)12-29-18-5-4-15-21(20(18)25)30-13-22(15)7-10-26(11-8-22)9-6-19(27)28/h1-5H,6-13H2,(H,27,28). The molecule has 1 N–H and O–H groups in total. The highest BCUT2D eigenvalue weighted by molar-refractivity contribution is 6.31. The Morgan fingerprint density at radius 2 is 2.00 bits per heavy atom. The van der Waals surface area contributed by atoms with E-state index in [9.17, 15) is 9.18 Å². The fraction of sp³-hybridized carbons (Fsp3) is 0.409. The second kappa shape index (κ2) is 8.40. The molecule has 0 saturated carbocycles. The van der Waals surface area contributed by atoms with E-state index in [4.69, 9.17) is 26.2 Å². The molecule has 0 aromatic heterocycles. The van der Waals surface area contributed by atoms with Crippen molar-refractivity contribution >= 4 is 17.6 Å². The van der Waals surface area contributed by atoms with Crippen LogP contribution < -0.4 is 9.47 Å². The topological polar surface area (TPSA) is 59.0 Å². The molecule has 2 aromatic rings. The summed E-state index contributed by atoms with van der Waals surface area (Å²) in [6.07, 6.45) is 1.65. The van der Waals surface area contributed by atoms with Gasteiger partial charge in [0.1, 0.15) is 12.4 Å². The van der Waals surface area contributed by atoms with Gasteiger partial charge in [0.15, 0.2) is 11.5 Å². The number of carboxylic acid groups (broad SMARTS) is 1. The highest BCUT2D eigenvalue weighted by Gasteiger charge is 2.44. The summed E-state index contributed by atoms with van der Waals surface area (Å²) in [7, 11) is 0. The van der Waals surface area contributed by atoms with Gasteiger partial charge in [0.05, 0.1) is 18.1 Å². The van der Waals surface area contributed by atoms with E-state index in [-0.39, 0.29) is 40.5 Å². The molecular formula is C22H22ClF2NO4. The number of carbonyl (C=O) groups is 1. The van der Waals surface area contributed by atoms with Crippen LogP contribution >= 0.6 is 11.6 Å². The summed E-state index contributed by atoms with van der Waals surface area (Å²) in [4.78, 5) is 12.9. The fourth-order valence-electron chi connectivity index (χ4n) is 4.19. The average molecular weight is 438 g/mol. The van der Waals surface area contributed by atoms with Crippen molar-refractivity contribution in [3.63, 3.8) is 0 Å². The largest absolute Gasteiger partial charge is 0.489 e. The number of hydrogen-bond donors (Lipinski definition) is 1. The molecule has 2 aliphatic rings. The smallest absolute Gasteiger partial charge is 0.304 e. The number of fused-ring (bicyclic) bond motifs is 2. The number of nitrogens with zero attached hydrogens (tertiary/aromatic N) is 1.